The summed E-state index contributed by atoms with van der Waals surface area (Å²) in [5.41, 5.74) is 0. The first kappa shape index (κ1) is 14.7. The molecule has 1 aromatic heterocycles. The van der Waals surface area contributed by atoms with Gasteiger partial charge in [0.15, 0.2) is 0 Å². The van der Waals surface area contributed by atoms with Crippen molar-refractivity contribution in [2.75, 3.05) is 18.4 Å². The molecule has 6 nitrogen and oxygen atoms in total. The number of piperidine rings is 1. The Hall–Kier alpha value is -1.85. The Kier molecular flexibility index (Phi) is 3.83. The molecule has 0 aromatic carbocycles. The lowest BCUT2D eigenvalue weighted by molar-refractivity contribution is -0.135. The van der Waals surface area contributed by atoms with E-state index < -0.39 is 0 Å². The maximum atomic E-state index is 12.6. The third-order valence-electron chi connectivity index (χ3n) is 5.13. The van der Waals surface area contributed by atoms with Gasteiger partial charge in [0.25, 0.3) is 0 Å². The molecule has 0 radical (unpaired) electrons. The first-order chi connectivity index (χ1) is 11.2. The Labute approximate surface area is 136 Å². The predicted molar refractivity (Wildman–Crippen MR) is 85.6 cm³/mol. The van der Waals surface area contributed by atoms with Gasteiger partial charge in [-0.3, -0.25) is 9.59 Å². The lowest BCUT2D eigenvalue weighted by Gasteiger charge is -2.32. The van der Waals surface area contributed by atoms with Crippen molar-refractivity contribution in [3.05, 3.63) is 12.3 Å². The molecule has 1 atom stereocenters. The number of carbonyl (C=O) groups excluding carboxylic acids is 2. The summed E-state index contributed by atoms with van der Waals surface area (Å²) in [5.74, 6) is 1.91. The van der Waals surface area contributed by atoms with Crippen LogP contribution in [0.3, 0.4) is 0 Å². The number of hydrogen-bond acceptors (Lipinski definition) is 3. The highest BCUT2D eigenvalue weighted by Crippen LogP contribution is 2.33. The van der Waals surface area contributed by atoms with Crippen LogP contribution in [-0.2, 0) is 16.1 Å². The van der Waals surface area contributed by atoms with Crippen molar-refractivity contribution < 1.29 is 9.59 Å². The van der Waals surface area contributed by atoms with E-state index in [0.717, 1.165) is 44.6 Å². The Morgan fingerprint density at radius 1 is 1.17 bits per heavy atom. The number of anilines is 1. The molecule has 4 rings (SSSR count). The van der Waals surface area contributed by atoms with E-state index in [9.17, 15) is 9.59 Å². The smallest absolute Gasteiger partial charge is 0.230 e. The summed E-state index contributed by atoms with van der Waals surface area (Å²) < 4.78 is 1.89. The summed E-state index contributed by atoms with van der Waals surface area (Å²) in [6.07, 6.45) is 8.07. The highest BCUT2D eigenvalue weighted by Gasteiger charge is 2.36. The number of carbonyl (C=O) groups is 2. The number of nitrogens with one attached hydrogen (secondary N) is 1. The molecule has 0 bridgehead atoms. The minimum absolute atomic E-state index is 0.0239. The van der Waals surface area contributed by atoms with Crippen molar-refractivity contribution in [2.24, 2.45) is 17.8 Å². The van der Waals surface area contributed by atoms with Crippen LogP contribution in [0.15, 0.2) is 12.3 Å². The zero-order valence-corrected chi connectivity index (χ0v) is 13.4. The summed E-state index contributed by atoms with van der Waals surface area (Å²) in [7, 11) is 0. The molecule has 0 spiro atoms. The molecule has 2 amide bonds. The fourth-order valence-corrected chi connectivity index (χ4v) is 3.34. The molecule has 3 fully saturated rings. The van der Waals surface area contributed by atoms with Crippen molar-refractivity contribution in [2.45, 2.75) is 45.1 Å². The molecule has 2 heterocycles. The van der Waals surface area contributed by atoms with Crippen molar-refractivity contribution in [3.8, 4) is 0 Å². The molecule has 1 saturated heterocycles. The lowest BCUT2D eigenvalue weighted by atomic mass is 9.96. The van der Waals surface area contributed by atoms with Gasteiger partial charge in [-0.15, -0.1) is 0 Å². The van der Waals surface area contributed by atoms with Gasteiger partial charge in [0, 0.05) is 31.6 Å². The van der Waals surface area contributed by atoms with Crippen LogP contribution < -0.4 is 5.32 Å². The molecule has 1 aliphatic heterocycles. The standard InChI is InChI=1S/C17H24N4O2/c22-16(19-15-7-8-18-21(15)10-12-3-4-12)14-2-1-9-20(11-14)17(23)13-5-6-13/h7-8,12-14H,1-6,9-11H2,(H,19,22)/t14-/m0/s1. The third-order valence-corrected chi connectivity index (χ3v) is 5.13. The highest BCUT2D eigenvalue weighted by molar-refractivity contribution is 5.92. The molecular formula is C17H24N4O2. The van der Waals surface area contributed by atoms with Crippen molar-refractivity contribution in [1.82, 2.24) is 14.7 Å². The predicted octanol–water partition coefficient (Wildman–Crippen LogP) is 1.88. The quantitative estimate of drug-likeness (QED) is 0.902. The van der Waals surface area contributed by atoms with Gasteiger partial charge in [0.05, 0.1) is 12.1 Å². The molecule has 124 valence electrons. The third kappa shape index (κ3) is 3.41. The van der Waals surface area contributed by atoms with E-state index in [1.54, 1.807) is 6.20 Å². The van der Waals surface area contributed by atoms with Crippen LogP contribution in [0.4, 0.5) is 5.82 Å². The van der Waals surface area contributed by atoms with Crippen LogP contribution in [0.25, 0.3) is 0 Å². The summed E-state index contributed by atoms with van der Waals surface area (Å²) in [5, 5.41) is 7.33. The zero-order chi connectivity index (χ0) is 15.8. The average Bonchev–Trinajstić information content (AvgIpc) is 3.47. The van der Waals surface area contributed by atoms with Gasteiger partial charge < -0.3 is 10.2 Å². The Balaban J connectivity index is 1.36. The van der Waals surface area contributed by atoms with E-state index in [1.165, 1.54) is 12.8 Å². The van der Waals surface area contributed by atoms with Gasteiger partial charge in [-0.1, -0.05) is 0 Å². The van der Waals surface area contributed by atoms with Gasteiger partial charge >= 0.3 is 0 Å². The monoisotopic (exact) mass is 316 g/mol. The normalized spacial score (nSPS) is 24.5. The second-order valence-corrected chi connectivity index (χ2v) is 7.23. The second-order valence-electron chi connectivity index (χ2n) is 7.23. The van der Waals surface area contributed by atoms with Crippen molar-refractivity contribution in [3.63, 3.8) is 0 Å². The van der Waals surface area contributed by atoms with Gasteiger partial charge in [-0.25, -0.2) is 4.68 Å². The minimum Gasteiger partial charge on any atom is -0.342 e. The maximum absolute atomic E-state index is 12.6. The summed E-state index contributed by atoms with van der Waals surface area (Å²) in [6, 6.07) is 1.86. The average molecular weight is 316 g/mol. The lowest BCUT2D eigenvalue weighted by Crippen LogP contribution is -2.44. The SMILES string of the molecule is O=C(Nc1ccnn1CC1CC1)[C@H]1CCCN(C(=O)C2CC2)C1. The maximum Gasteiger partial charge on any atom is 0.230 e. The molecule has 2 saturated carbocycles. The first-order valence-corrected chi connectivity index (χ1v) is 8.82. The summed E-state index contributed by atoms with van der Waals surface area (Å²) >= 11 is 0. The van der Waals surface area contributed by atoms with Gasteiger partial charge in [-0.05, 0) is 44.4 Å². The van der Waals surface area contributed by atoms with Crippen LogP contribution in [0, 0.1) is 17.8 Å². The summed E-state index contributed by atoms with van der Waals surface area (Å²) in [6.45, 7) is 2.26. The van der Waals surface area contributed by atoms with Crippen LogP contribution >= 0.6 is 0 Å². The molecule has 1 N–H and O–H groups in total. The van der Waals surface area contributed by atoms with Crippen LogP contribution in [0.2, 0.25) is 0 Å². The van der Waals surface area contributed by atoms with E-state index in [1.807, 2.05) is 15.6 Å². The minimum atomic E-state index is -0.101. The highest BCUT2D eigenvalue weighted by atomic mass is 16.2. The van der Waals surface area contributed by atoms with E-state index in [4.69, 9.17) is 0 Å². The molecule has 1 aromatic rings. The van der Waals surface area contributed by atoms with Crippen LogP contribution in [0.5, 0.6) is 0 Å². The molecule has 3 aliphatic rings. The van der Waals surface area contributed by atoms with E-state index in [-0.39, 0.29) is 23.7 Å². The van der Waals surface area contributed by atoms with Crippen molar-refractivity contribution in [1.29, 1.82) is 0 Å². The molecular weight excluding hydrogens is 292 g/mol. The topological polar surface area (TPSA) is 67.2 Å². The Morgan fingerprint density at radius 2 is 2.00 bits per heavy atom. The molecule has 2 aliphatic carbocycles. The number of likely N-dealkylation sites (tertiary alicyclic amines) is 1. The van der Waals surface area contributed by atoms with Crippen molar-refractivity contribution >= 4 is 17.6 Å². The second kappa shape index (κ2) is 5.98. The molecule has 0 unspecified atom stereocenters. The summed E-state index contributed by atoms with van der Waals surface area (Å²) in [4.78, 5) is 26.7. The molecule has 6 heteroatoms. The zero-order valence-electron chi connectivity index (χ0n) is 13.4. The number of aromatic nitrogens is 2. The first-order valence-electron chi connectivity index (χ1n) is 8.82. The van der Waals surface area contributed by atoms with E-state index >= 15 is 0 Å². The molecule has 23 heavy (non-hydrogen) atoms. The van der Waals surface area contributed by atoms with Crippen LogP contribution in [0.1, 0.15) is 38.5 Å². The van der Waals surface area contributed by atoms with Gasteiger partial charge in [0.2, 0.25) is 11.8 Å². The Morgan fingerprint density at radius 3 is 2.74 bits per heavy atom. The van der Waals surface area contributed by atoms with E-state index in [0.29, 0.717) is 12.5 Å². The Bertz CT molecular complexity index is 603. The number of amides is 2. The van der Waals surface area contributed by atoms with Gasteiger partial charge in [-0.2, -0.15) is 5.10 Å². The number of nitrogens with zero attached hydrogens (tertiary/aromatic N) is 3. The number of rotatable bonds is 5. The van der Waals surface area contributed by atoms with E-state index in [2.05, 4.69) is 10.4 Å². The fraction of sp³-hybridized carbons (Fsp3) is 0.706. The fourth-order valence-electron chi connectivity index (χ4n) is 3.34. The largest absolute Gasteiger partial charge is 0.342 e. The van der Waals surface area contributed by atoms with Crippen LogP contribution in [-0.4, -0.2) is 39.6 Å². The van der Waals surface area contributed by atoms with Gasteiger partial charge in [0.1, 0.15) is 5.82 Å². The number of hydrogen-bond donors (Lipinski definition) is 1.